The Balaban J connectivity index is 2.17. The molecule has 0 aromatic carbocycles. The SMILES string of the molecule is C#CCCN1CCC(C(=O)NCCCC)CC1. The van der Waals surface area contributed by atoms with Crippen LogP contribution < -0.4 is 5.32 Å². The van der Waals surface area contributed by atoms with Gasteiger partial charge in [-0.05, 0) is 32.4 Å². The smallest absolute Gasteiger partial charge is 0.223 e. The summed E-state index contributed by atoms with van der Waals surface area (Å²) in [4.78, 5) is 14.2. The molecule has 1 heterocycles. The fraction of sp³-hybridized carbons (Fsp3) is 0.786. The average molecular weight is 236 g/mol. The molecule has 96 valence electrons. The number of unbranched alkanes of at least 4 members (excludes halogenated alkanes) is 1. The van der Waals surface area contributed by atoms with Crippen LogP contribution in [0.25, 0.3) is 0 Å². The van der Waals surface area contributed by atoms with Crippen LogP contribution in [0.1, 0.15) is 39.0 Å². The van der Waals surface area contributed by atoms with Crippen LogP contribution in [0.5, 0.6) is 0 Å². The van der Waals surface area contributed by atoms with Crippen molar-refractivity contribution < 1.29 is 4.79 Å². The van der Waals surface area contributed by atoms with E-state index < -0.39 is 0 Å². The number of amides is 1. The van der Waals surface area contributed by atoms with Crippen LogP contribution in [0.3, 0.4) is 0 Å². The first-order chi connectivity index (χ1) is 8.27. The molecule has 1 aliphatic heterocycles. The molecule has 0 aromatic heterocycles. The van der Waals surface area contributed by atoms with Gasteiger partial charge in [0.2, 0.25) is 5.91 Å². The zero-order chi connectivity index (χ0) is 12.5. The van der Waals surface area contributed by atoms with E-state index in [0.29, 0.717) is 0 Å². The molecule has 3 nitrogen and oxygen atoms in total. The highest BCUT2D eigenvalue weighted by atomic mass is 16.1. The number of carbonyl (C=O) groups excluding carboxylic acids is 1. The lowest BCUT2D eigenvalue weighted by Gasteiger charge is -2.30. The summed E-state index contributed by atoms with van der Waals surface area (Å²) in [7, 11) is 0. The number of nitrogens with zero attached hydrogens (tertiary/aromatic N) is 1. The van der Waals surface area contributed by atoms with Gasteiger partial charge >= 0.3 is 0 Å². The van der Waals surface area contributed by atoms with E-state index in [4.69, 9.17) is 6.42 Å². The monoisotopic (exact) mass is 236 g/mol. The Morgan fingerprint density at radius 2 is 2.18 bits per heavy atom. The standard InChI is InChI=1S/C14H24N2O/c1-3-5-9-15-14(17)13-7-11-16(12-8-13)10-6-4-2/h2,13H,3,5-12H2,1H3,(H,15,17). The van der Waals surface area contributed by atoms with Gasteiger partial charge in [-0.3, -0.25) is 4.79 Å². The zero-order valence-electron chi connectivity index (χ0n) is 10.9. The lowest BCUT2D eigenvalue weighted by atomic mass is 9.96. The minimum atomic E-state index is 0.217. The van der Waals surface area contributed by atoms with Crippen molar-refractivity contribution in [3.8, 4) is 12.3 Å². The zero-order valence-corrected chi connectivity index (χ0v) is 10.9. The molecule has 17 heavy (non-hydrogen) atoms. The quantitative estimate of drug-likeness (QED) is 0.561. The molecule has 1 amide bonds. The van der Waals surface area contributed by atoms with Crippen LogP contribution in [0, 0.1) is 18.3 Å². The van der Waals surface area contributed by atoms with Crippen LogP contribution in [0.15, 0.2) is 0 Å². The summed E-state index contributed by atoms with van der Waals surface area (Å²) < 4.78 is 0. The maximum atomic E-state index is 11.8. The molecule has 1 rings (SSSR count). The number of piperidine rings is 1. The fourth-order valence-electron chi connectivity index (χ4n) is 2.17. The summed E-state index contributed by atoms with van der Waals surface area (Å²) in [6.45, 7) is 5.95. The van der Waals surface area contributed by atoms with E-state index in [1.807, 2.05) is 0 Å². The van der Waals surface area contributed by atoms with E-state index in [0.717, 1.165) is 58.3 Å². The van der Waals surface area contributed by atoms with Crippen molar-refractivity contribution in [3.05, 3.63) is 0 Å². The molecule has 0 radical (unpaired) electrons. The van der Waals surface area contributed by atoms with Crippen molar-refractivity contribution >= 4 is 5.91 Å². The van der Waals surface area contributed by atoms with Gasteiger partial charge in [0.15, 0.2) is 0 Å². The van der Waals surface area contributed by atoms with Gasteiger partial charge in [-0.1, -0.05) is 13.3 Å². The summed E-state index contributed by atoms with van der Waals surface area (Å²) in [5, 5.41) is 3.02. The molecule has 0 bridgehead atoms. The molecule has 1 saturated heterocycles. The molecule has 0 spiro atoms. The normalized spacial score (nSPS) is 17.6. The minimum Gasteiger partial charge on any atom is -0.356 e. The molecular weight excluding hydrogens is 212 g/mol. The molecule has 0 atom stereocenters. The summed E-state index contributed by atoms with van der Waals surface area (Å²) in [5.74, 6) is 3.12. The number of terminal acetylenes is 1. The summed E-state index contributed by atoms with van der Waals surface area (Å²) in [6, 6.07) is 0. The van der Waals surface area contributed by atoms with Gasteiger partial charge in [-0.2, -0.15) is 0 Å². The molecule has 3 heteroatoms. The van der Waals surface area contributed by atoms with E-state index in [-0.39, 0.29) is 11.8 Å². The largest absolute Gasteiger partial charge is 0.356 e. The second-order valence-electron chi connectivity index (χ2n) is 4.71. The topological polar surface area (TPSA) is 32.3 Å². The van der Waals surface area contributed by atoms with Crippen molar-refractivity contribution in [2.75, 3.05) is 26.2 Å². The van der Waals surface area contributed by atoms with E-state index in [1.54, 1.807) is 0 Å². The van der Waals surface area contributed by atoms with E-state index in [2.05, 4.69) is 23.1 Å². The van der Waals surface area contributed by atoms with Crippen LogP contribution in [0.2, 0.25) is 0 Å². The highest BCUT2D eigenvalue weighted by Gasteiger charge is 2.23. The second-order valence-corrected chi connectivity index (χ2v) is 4.71. The number of hydrogen-bond donors (Lipinski definition) is 1. The second kappa shape index (κ2) is 8.14. The number of likely N-dealkylation sites (tertiary alicyclic amines) is 1. The Bertz CT molecular complexity index is 262. The predicted molar refractivity (Wildman–Crippen MR) is 70.5 cm³/mol. The molecule has 0 saturated carbocycles. The van der Waals surface area contributed by atoms with Crippen molar-refractivity contribution in [1.29, 1.82) is 0 Å². The molecular formula is C14H24N2O. The van der Waals surface area contributed by atoms with Gasteiger partial charge in [0.25, 0.3) is 0 Å². The number of carbonyl (C=O) groups is 1. The summed E-state index contributed by atoms with van der Waals surface area (Å²) >= 11 is 0. The van der Waals surface area contributed by atoms with E-state index >= 15 is 0 Å². The Hall–Kier alpha value is -1.01. The molecule has 1 fully saturated rings. The number of hydrogen-bond acceptors (Lipinski definition) is 2. The summed E-state index contributed by atoms with van der Waals surface area (Å²) in [6.07, 6.45) is 10.2. The molecule has 0 unspecified atom stereocenters. The lowest BCUT2D eigenvalue weighted by molar-refractivity contribution is -0.126. The molecule has 0 aromatic rings. The van der Waals surface area contributed by atoms with Crippen molar-refractivity contribution in [2.24, 2.45) is 5.92 Å². The number of nitrogens with one attached hydrogen (secondary N) is 1. The third-order valence-corrected chi connectivity index (χ3v) is 3.36. The van der Waals surface area contributed by atoms with Crippen LogP contribution in [-0.2, 0) is 4.79 Å². The Kier molecular flexibility index (Phi) is 6.73. The van der Waals surface area contributed by atoms with E-state index in [1.165, 1.54) is 0 Å². The van der Waals surface area contributed by atoms with Crippen LogP contribution in [0.4, 0.5) is 0 Å². The van der Waals surface area contributed by atoms with Gasteiger partial charge in [0.05, 0.1) is 0 Å². The highest BCUT2D eigenvalue weighted by molar-refractivity contribution is 5.78. The Morgan fingerprint density at radius 1 is 1.47 bits per heavy atom. The van der Waals surface area contributed by atoms with Crippen molar-refractivity contribution in [3.63, 3.8) is 0 Å². The fourth-order valence-corrected chi connectivity index (χ4v) is 2.17. The average Bonchev–Trinajstić information content (AvgIpc) is 2.37. The first kappa shape index (κ1) is 14.1. The van der Waals surface area contributed by atoms with Gasteiger partial charge in [0.1, 0.15) is 0 Å². The van der Waals surface area contributed by atoms with Crippen LogP contribution >= 0.6 is 0 Å². The Morgan fingerprint density at radius 3 is 2.76 bits per heavy atom. The minimum absolute atomic E-state index is 0.217. The van der Waals surface area contributed by atoms with Gasteiger partial charge in [-0.25, -0.2) is 0 Å². The third kappa shape index (κ3) is 5.23. The molecule has 1 N–H and O–H groups in total. The third-order valence-electron chi connectivity index (χ3n) is 3.36. The maximum Gasteiger partial charge on any atom is 0.223 e. The van der Waals surface area contributed by atoms with Gasteiger partial charge in [0, 0.05) is 25.4 Å². The highest BCUT2D eigenvalue weighted by Crippen LogP contribution is 2.17. The first-order valence-electron chi connectivity index (χ1n) is 6.71. The summed E-state index contributed by atoms with van der Waals surface area (Å²) in [5.41, 5.74) is 0. The molecule has 0 aliphatic carbocycles. The van der Waals surface area contributed by atoms with Crippen LogP contribution in [-0.4, -0.2) is 37.0 Å². The predicted octanol–water partition coefficient (Wildman–Crippen LogP) is 1.64. The van der Waals surface area contributed by atoms with Gasteiger partial charge < -0.3 is 10.2 Å². The first-order valence-corrected chi connectivity index (χ1v) is 6.71. The van der Waals surface area contributed by atoms with Crippen molar-refractivity contribution in [1.82, 2.24) is 10.2 Å². The Labute approximate surface area is 105 Å². The maximum absolute atomic E-state index is 11.8. The van der Waals surface area contributed by atoms with Gasteiger partial charge in [-0.15, -0.1) is 12.3 Å². The molecule has 1 aliphatic rings. The van der Waals surface area contributed by atoms with E-state index in [9.17, 15) is 4.79 Å². The number of rotatable bonds is 6. The lowest BCUT2D eigenvalue weighted by Crippen LogP contribution is -2.41. The van der Waals surface area contributed by atoms with Crippen molar-refractivity contribution in [2.45, 2.75) is 39.0 Å².